The fourth-order valence-electron chi connectivity index (χ4n) is 2.87. The lowest BCUT2D eigenvalue weighted by Gasteiger charge is -2.11. The topological polar surface area (TPSA) is 107 Å². The van der Waals surface area contributed by atoms with Gasteiger partial charge in [0.1, 0.15) is 18.4 Å². The number of halogens is 5. The molecular formula is C19H18ClF4N7O2. The predicted octanol–water partition coefficient (Wildman–Crippen LogP) is 3.92. The highest BCUT2D eigenvalue weighted by Gasteiger charge is 2.38. The number of aryl methyl sites for hydroxylation is 2. The van der Waals surface area contributed by atoms with Gasteiger partial charge in [0.05, 0.1) is 29.2 Å². The van der Waals surface area contributed by atoms with E-state index in [2.05, 4.69) is 30.9 Å². The van der Waals surface area contributed by atoms with E-state index >= 15 is 0 Å². The highest BCUT2D eigenvalue weighted by atomic mass is 35.5. The number of hydrogen-bond acceptors (Lipinski definition) is 6. The largest absolute Gasteiger partial charge is 0.475 e. The van der Waals surface area contributed by atoms with Gasteiger partial charge in [0.15, 0.2) is 5.69 Å². The van der Waals surface area contributed by atoms with Gasteiger partial charge in [-0.2, -0.15) is 23.4 Å². The Kier molecular flexibility index (Phi) is 7.31. The second-order valence-corrected chi connectivity index (χ2v) is 7.18. The van der Waals surface area contributed by atoms with Crippen LogP contribution in [0.1, 0.15) is 17.0 Å². The van der Waals surface area contributed by atoms with Gasteiger partial charge in [0, 0.05) is 19.3 Å². The van der Waals surface area contributed by atoms with E-state index in [4.69, 9.17) is 16.3 Å². The molecule has 176 valence electrons. The van der Waals surface area contributed by atoms with Gasteiger partial charge in [-0.3, -0.25) is 4.68 Å². The van der Waals surface area contributed by atoms with E-state index < -0.39 is 24.6 Å². The molecule has 0 atom stereocenters. The smallest absolute Gasteiger partial charge is 0.435 e. The number of nitrogens with zero attached hydrogens (tertiary/aromatic N) is 5. The third kappa shape index (κ3) is 6.28. The first kappa shape index (κ1) is 24.2. The Hall–Kier alpha value is -3.48. The van der Waals surface area contributed by atoms with Crippen molar-refractivity contribution in [3.8, 4) is 17.1 Å². The standard InChI is InChI=1S/C19H18ClF4N7O2/c1-10-5-12(28-29-16(10)13-9-31(2)30-17(13)19(22,23)24)8-25-18(32)26-11-6-14(20)27-15(7-11)33-4-3-21/h5-7,9H,3-4,8H2,1-2H3,(H2,25,26,27,32). The van der Waals surface area contributed by atoms with Crippen molar-refractivity contribution < 1.29 is 27.1 Å². The van der Waals surface area contributed by atoms with Crippen molar-refractivity contribution in [2.24, 2.45) is 7.05 Å². The minimum atomic E-state index is -4.64. The van der Waals surface area contributed by atoms with Crippen LogP contribution in [-0.2, 0) is 19.8 Å². The van der Waals surface area contributed by atoms with Gasteiger partial charge in [-0.05, 0) is 24.6 Å². The second kappa shape index (κ2) is 9.98. The van der Waals surface area contributed by atoms with E-state index in [-0.39, 0.29) is 41.1 Å². The SMILES string of the molecule is Cc1cc(CNC(=O)Nc2cc(Cl)nc(OCCF)c2)nnc1-c1cn(C)nc1C(F)(F)F. The minimum absolute atomic E-state index is 0.0346. The number of carbonyl (C=O) groups is 1. The van der Waals surface area contributed by atoms with Crippen LogP contribution in [0.5, 0.6) is 5.88 Å². The number of anilines is 1. The number of urea groups is 1. The molecule has 2 amide bonds. The molecular weight excluding hydrogens is 470 g/mol. The van der Waals surface area contributed by atoms with Crippen molar-refractivity contribution in [2.45, 2.75) is 19.6 Å². The summed E-state index contributed by atoms with van der Waals surface area (Å²) in [4.78, 5) is 16.0. The Morgan fingerprint density at radius 2 is 2.00 bits per heavy atom. The molecule has 0 aliphatic rings. The van der Waals surface area contributed by atoms with Gasteiger partial charge in [-0.25, -0.2) is 14.2 Å². The number of hydrogen-bond donors (Lipinski definition) is 2. The number of carbonyl (C=O) groups excluding carboxylic acids is 1. The van der Waals surface area contributed by atoms with E-state index in [0.717, 1.165) is 4.68 Å². The molecule has 0 aromatic carbocycles. The number of alkyl halides is 4. The number of pyridine rings is 1. The van der Waals surface area contributed by atoms with Gasteiger partial charge in [0.2, 0.25) is 5.88 Å². The third-order valence-electron chi connectivity index (χ3n) is 4.17. The van der Waals surface area contributed by atoms with Crippen LogP contribution in [0.15, 0.2) is 24.4 Å². The molecule has 2 N–H and O–H groups in total. The Labute approximate surface area is 190 Å². The number of rotatable bonds is 7. The first-order valence-corrected chi connectivity index (χ1v) is 9.80. The van der Waals surface area contributed by atoms with Gasteiger partial charge >= 0.3 is 12.2 Å². The first-order valence-electron chi connectivity index (χ1n) is 9.42. The molecule has 0 aliphatic heterocycles. The van der Waals surface area contributed by atoms with Crippen molar-refractivity contribution in [3.05, 3.63) is 46.5 Å². The molecule has 0 unspecified atom stereocenters. The van der Waals surface area contributed by atoms with Crippen LogP contribution in [0.25, 0.3) is 11.3 Å². The van der Waals surface area contributed by atoms with Crippen molar-refractivity contribution in [2.75, 3.05) is 18.6 Å². The molecule has 3 aromatic heterocycles. The first-order chi connectivity index (χ1) is 15.6. The van der Waals surface area contributed by atoms with Crippen molar-refractivity contribution >= 4 is 23.3 Å². The molecule has 9 nitrogen and oxygen atoms in total. The summed E-state index contributed by atoms with van der Waals surface area (Å²) < 4.78 is 58.1. The summed E-state index contributed by atoms with van der Waals surface area (Å²) in [5.74, 6) is 0.0427. The molecule has 3 heterocycles. The van der Waals surface area contributed by atoms with Crippen LogP contribution in [-0.4, -0.2) is 44.3 Å². The molecule has 0 aliphatic carbocycles. The molecule has 0 radical (unpaired) electrons. The normalized spacial score (nSPS) is 11.4. The maximum atomic E-state index is 13.2. The van der Waals surface area contributed by atoms with Crippen LogP contribution in [0, 0.1) is 6.92 Å². The summed E-state index contributed by atoms with van der Waals surface area (Å²) in [6, 6.07) is 3.63. The number of nitrogens with one attached hydrogen (secondary N) is 2. The highest BCUT2D eigenvalue weighted by Crippen LogP contribution is 2.36. The Bertz CT molecular complexity index is 1150. The van der Waals surface area contributed by atoms with Crippen LogP contribution in [0.2, 0.25) is 5.15 Å². The van der Waals surface area contributed by atoms with Gasteiger partial charge in [0.25, 0.3) is 0 Å². The quantitative estimate of drug-likeness (QED) is 0.386. The maximum absolute atomic E-state index is 13.2. The summed E-state index contributed by atoms with van der Waals surface area (Å²) in [6.07, 6.45) is -3.42. The number of aromatic nitrogens is 5. The van der Waals surface area contributed by atoms with E-state index in [9.17, 15) is 22.4 Å². The Morgan fingerprint density at radius 1 is 1.24 bits per heavy atom. The summed E-state index contributed by atoms with van der Waals surface area (Å²) in [5, 5.41) is 16.4. The van der Waals surface area contributed by atoms with Crippen molar-refractivity contribution in [1.29, 1.82) is 0 Å². The van der Waals surface area contributed by atoms with E-state index in [1.807, 2.05) is 0 Å². The molecule has 33 heavy (non-hydrogen) atoms. The number of amides is 2. The molecule has 0 fully saturated rings. The maximum Gasteiger partial charge on any atom is 0.435 e. The molecule has 0 spiro atoms. The summed E-state index contributed by atoms with van der Waals surface area (Å²) in [5.41, 5.74) is -0.197. The average molecular weight is 488 g/mol. The summed E-state index contributed by atoms with van der Waals surface area (Å²) >= 11 is 5.86. The van der Waals surface area contributed by atoms with Gasteiger partial charge < -0.3 is 15.4 Å². The summed E-state index contributed by atoms with van der Waals surface area (Å²) in [6.45, 7) is 0.604. The van der Waals surface area contributed by atoms with Gasteiger partial charge in [-0.1, -0.05) is 11.6 Å². The third-order valence-corrected chi connectivity index (χ3v) is 4.37. The molecule has 0 saturated carbocycles. The van der Waals surface area contributed by atoms with E-state index in [1.54, 1.807) is 6.92 Å². The minimum Gasteiger partial charge on any atom is -0.475 e. The molecule has 0 bridgehead atoms. The van der Waals surface area contributed by atoms with Crippen LogP contribution < -0.4 is 15.4 Å². The average Bonchev–Trinajstić information content (AvgIpc) is 3.12. The lowest BCUT2D eigenvalue weighted by molar-refractivity contribution is -0.141. The zero-order valence-electron chi connectivity index (χ0n) is 17.4. The zero-order chi connectivity index (χ0) is 24.2. The fraction of sp³-hybridized carbons (Fsp3) is 0.316. The van der Waals surface area contributed by atoms with Crippen molar-refractivity contribution in [3.63, 3.8) is 0 Å². The van der Waals surface area contributed by atoms with E-state index in [0.29, 0.717) is 11.3 Å². The van der Waals surface area contributed by atoms with Crippen molar-refractivity contribution in [1.82, 2.24) is 30.3 Å². The lowest BCUT2D eigenvalue weighted by atomic mass is 10.1. The van der Waals surface area contributed by atoms with Gasteiger partial charge in [-0.15, -0.1) is 5.10 Å². The zero-order valence-corrected chi connectivity index (χ0v) is 18.1. The van der Waals surface area contributed by atoms with Crippen LogP contribution >= 0.6 is 11.6 Å². The van der Waals surface area contributed by atoms with Crippen LogP contribution in [0.4, 0.5) is 28.0 Å². The second-order valence-electron chi connectivity index (χ2n) is 6.79. The lowest BCUT2D eigenvalue weighted by Crippen LogP contribution is -2.28. The molecule has 3 aromatic rings. The van der Waals surface area contributed by atoms with Crippen LogP contribution in [0.3, 0.4) is 0 Å². The highest BCUT2D eigenvalue weighted by molar-refractivity contribution is 6.29. The predicted molar refractivity (Wildman–Crippen MR) is 111 cm³/mol. The monoisotopic (exact) mass is 487 g/mol. The molecule has 14 heteroatoms. The molecule has 0 saturated heterocycles. The Balaban J connectivity index is 1.67. The Morgan fingerprint density at radius 3 is 2.67 bits per heavy atom. The fourth-order valence-corrected chi connectivity index (χ4v) is 3.07. The number of ether oxygens (including phenoxy) is 1. The molecule has 3 rings (SSSR count). The van der Waals surface area contributed by atoms with E-state index in [1.165, 1.54) is 31.4 Å². The summed E-state index contributed by atoms with van der Waals surface area (Å²) in [7, 11) is 1.38.